The first kappa shape index (κ1) is 40.1. The Hall–Kier alpha value is -4.60. The van der Waals surface area contributed by atoms with Crippen molar-refractivity contribution in [3.63, 3.8) is 0 Å². The normalized spacial score (nSPS) is 18.3. The number of H-pyrrole nitrogens is 1. The fourth-order valence-corrected chi connectivity index (χ4v) is 10.9. The first-order valence-corrected chi connectivity index (χ1v) is 21.1. The van der Waals surface area contributed by atoms with Crippen LogP contribution in [0.1, 0.15) is 77.3 Å². The van der Waals surface area contributed by atoms with Gasteiger partial charge in [-0.25, -0.2) is 0 Å². The molecular formula is C42H53N8O4P. The first-order valence-electron chi connectivity index (χ1n) is 19.1. The molecule has 3 N–H and O–H groups in total. The number of aromatic nitrogens is 4. The average molecular weight is 765 g/mol. The zero-order chi connectivity index (χ0) is 39.2. The van der Waals surface area contributed by atoms with E-state index < -0.39 is 25.7 Å². The van der Waals surface area contributed by atoms with Gasteiger partial charge in [0.15, 0.2) is 0 Å². The second kappa shape index (κ2) is 17.5. The van der Waals surface area contributed by atoms with Crippen molar-refractivity contribution in [2.24, 2.45) is 10.9 Å². The van der Waals surface area contributed by atoms with Crippen LogP contribution in [0, 0.1) is 17.2 Å². The summed E-state index contributed by atoms with van der Waals surface area (Å²) in [5.41, 5.74) is 2.44. The SMILES string of the molecule is CC(C)C=Nc1nc2c(ncn2[C@H]2C[C@H](NC(c3ccccc3)(c3ccccc3)c3ccccc3)[C@@H](CO[PH](O)(CCC#N)N(C(C)C)C(C)C)O2)c(=O)[nH]1. The summed E-state index contributed by atoms with van der Waals surface area (Å²) in [7, 11) is -3.63. The van der Waals surface area contributed by atoms with Crippen LogP contribution in [0.25, 0.3) is 11.2 Å². The third kappa shape index (κ3) is 8.63. The monoisotopic (exact) mass is 764 g/mol. The molecule has 12 nitrogen and oxygen atoms in total. The fraction of sp³-hybridized carbons (Fsp3) is 0.405. The number of ether oxygens (including phenoxy) is 1. The van der Waals surface area contributed by atoms with E-state index >= 15 is 0 Å². The van der Waals surface area contributed by atoms with Crippen molar-refractivity contribution in [3.8, 4) is 6.07 Å². The number of nitriles is 1. The van der Waals surface area contributed by atoms with Gasteiger partial charge in [-0.05, 0) is 0 Å². The molecule has 2 aromatic heterocycles. The molecule has 0 unspecified atom stereocenters. The molecular weight excluding hydrogens is 711 g/mol. The van der Waals surface area contributed by atoms with Gasteiger partial charge in [0.05, 0.1) is 0 Å². The average Bonchev–Trinajstić information content (AvgIpc) is 3.79. The van der Waals surface area contributed by atoms with Crippen LogP contribution in [0.2, 0.25) is 0 Å². The maximum atomic E-state index is 13.2. The maximum absolute atomic E-state index is 13.2. The van der Waals surface area contributed by atoms with Crippen molar-refractivity contribution in [1.29, 1.82) is 5.26 Å². The summed E-state index contributed by atoms with van der Waals surface area (Å²) in [5, 5.41) is 13.7. The molecule has 55 heavy (non-hydrogen) atoms. The molecule has 1 aliphatic rings. The second-order valence-electron chi connectivity index (χ2n) is 15.0. The second-order valence-corrected chi connectivity index (χ2v) is 17.8. The zero-order valence-electron chi connectivity index (χ0n) is 32.5. The van der Waals surface area contributed by atoms with Crippen LogP contribution in [0.3, 0.4) is 0 Å². The predicted octanol–water partition coefficient (Wildman–Crippen LogP) is 7.25. The summed E-state index contributed by atoms with van der Waals surface area (Å²) in [6, 6.07) is 32.9. The summed E-state index contributed by atoms with van der Waals surface area (Å²) in [4.78, 5) is 41.8. The topological polar surface area (TPSA) is 154 Å². The van der Waals surface area contributed by atoms with Gasteiger partial charge in [0, 0.05) is 0 Å². The van der Waals surface area contributed by atoms with Crippen molar-refractivity contribution in [1.82, 2.24) is 29.5 Å². The molecule has 0 amide bonds. The molecule has 0 radical (unpaired) electrons. The molecule has 0 aliphatic carbocycles. The molecule has 0 bridgehead atoms. The van der Waals surface area contributed by atoms with Gasteiger partial charge >= 0.3 is 311 Å². The Bertz CT molecular complexity index is 2030. The third-order valence-electron chi connectivity index (χ3n) is 10.0. The van der Waals surface area contributed by atoms with Crippen LogP contribution in [0.15, 0.2) is 107 Å². The number of aliphatic imine (C=N–C) groups is 1. The van der Waals surface area contributed by atoms with E-state index in [0.717, 1.165) is 16.7 Å². The molecule has 290 valence electrons. The summed E-state index contributed by atoms with van der Waals surface area (Å²) in [6.45, 7) is 12.2. The van der Waals surface area contributed by atoms with Crippen LogP contribution < -0.4 is 10.9 Å². The molecule has 6 rings (SSSR count). The molecule has 1 aliphatic heterocycles. The number of nitrogens with one attached hydrogen (secondary N) is 2. The quantitative estimate of drug-likeness (QED) is 0.0536. The summed E-state index contributed by atoms with van der Waals surface area (Å²) in [5.74, 6) is 0.348. The van der Waals surface area contributed by atoms with Gasteiger partial charge in [0.2, 0.25) is 0 Å². The van der Waals surface area contributed by atoms with Gasteiger partial charge in [-0.2, -0.15) is 0 Å². The van der Waals surface area contributed by atoms with E-state index in [1.165, 1.54) is 0 Å². The number of imidazole rings is 1. The number of nitrogens with zero attached hydrogens (tertiary/aromatic N) is 6. The molecule has 3 aromatic carbocycles. The van der Waals surface area contributed by atoms with Crippen LogP contribution in [-0.2, 0) is 14.8 Å². The van der Waals surface area contributed by atoms with E-state index in [2.05, 4.69) is 62.7 Å². The van der Waals surface area contributed by atoms with Crippen LogP contribution in [0.5, 0.6) is 0 Å². The van der Waals surface area contributed by atoms with Gasteiger partial charge in [0.25, 0.3) is 0 Å². The number of benzene rings is 3. The van der Waals surface area contributed by atoms with Crippen LogP contribution >= 0.6 is 7.87 Å². The van der Waals surface area contributed by atoms with Gasteiger partial charge in [-0.1, -0.05) is 13.8 Å². The first-order chi connectivity index (χ1) is 26.5. The van der Waals surface area contributed by atoms with E-state index in [4.69, 9.17) is 14.2 Å². The van der Waals surface area contributed by atoms with E-state index in [1.807, 2.05) is 101 Å². The Morgan fingerprint density at radius 2 is 1.58 bits per heavy atom. The fourth-order valence-electron chi connectivity index (χ4n) is 7.82. The Labute approximate surface area is 323 Å². The molecule has 1 fully saturated rings. The molecule has 3 heterocycles. The number of rotatable bonds is 16. The summed E-state index contributed by atoms with van der Waals surface area (Å²) >= 11 is 0. The molecule has 0 spiro atoms. The van der Waals surface area contributed by atoms with E-state index in [1.54, 1.807) is 17.1 Å². The minimum absolute atomic E-state index is 0.0163. The minimum atomic E-state index is -3.63. The van der Waals surface area contributed by atoms with Crippen molar-refractivity contribution in [2.75, 3.05) is 12.8 Å². The third-order valence-corrected chi connectivity index (χ3v) is 13.4. The Morgan fingerprint density at radius 3 is 2.09 bits per heavy atom. The molecule has 0 saturated carbocycles. The van der Waals surface area contributed by atoms with E-state index in [-0.39, 0.29) is 60.3 Å². The van der Waals surface area contributed by atoms with Crippen LogP contribution in [-0.4, -0.2) is 72.3 Å². The molecule has 13 heteroatoms. The number of hydrogen-bond donors (Lipinski definition) is 3. The van der Waals surface area contributed by atoms with Crippen molar-refractivity contribution in [3.05, 3.63) is 124 Å². The number of fused-ring (bicyclic) bond motifs is 1. The van der Waals surface area contributed by atoms with E-state index in [9.17, 15) is 14.9 Å². The van der Waals surface area contributed by atoms with Crippen molar-refractivity contribution in [2.45, 2.75) is 90.4 Å². The summed E-state index contributed by atoms with van der Waals surface area (Å²) < 4.78 is 17.4. The Balaban J connectivity index is 1.47. The van der Waals surface area contributed by atoms with Crippen molar-refractivity contribution >= 4 is 31.2 Å². The van der Waals surface area contributed by atoms with Gasteiger partial charge in [-0.3, -0.25) is 0 Å². The molecule has 5 aromatic rings. The van der Waals surface area contributed by atoms with Gasteiger partial charge in [0.1, 0.15) is 0 Å². The van der Waals surface area contributed by atoms with Gasteiger partial charge in [-0.15, -0.1) is 0 Å². The Kier molecular flexibility index (Phi) is 12.7. The molecule has 3 atom stereocenters. The molecule has 1 saturated heterocycles. The van der Waals surface area contributed by atoms with Crippen LogP contribution in [0.4, 0.5) is 5.95 Å². The standard InChI is InChI=1S/C42H53N8O4P/c1-29(2)26-44-41-46-39-38(40(51)47-41)45-28-49(39)37-25-35(36(54-37)27-53-55(52,24-16-23-43)50(30(3)4)31(5)6)48-42(32-17-10-7-11-18-32,33-19-12-8-13-20-33)34-21-14-9-15-22-34/h7-15,17-22,26,28-31,35-37,48,52,55H,16,24-25,27H2,1-6H3,(H,46,47,51)/t35-,36+,37+/m0/s1. The predicted molar refractivity (Wildman–Crippen MR) is 219 cm³/mol. The zero-order valence-corrected chi connectivity index (χ0v) is 33.5. The summed E-state index contributed by atoms with van der Waals surface area (Å²) in [6.07, 6.45) is 2.97. The number of hydrogen-bond acceptors (Lipinski definition) is 10. The van der Waals surface area contributed by atoms with Crippen molar-refractivity contribution < 1.29 is 14.2 Å². The van der Waals surface area contributed by atoms with Gasteiger partial charge < -0.3 is 0 Å². The van der Waals surface area contributed by atoms with E-state index in [0.29, 0.717) is 12.1 Å². The number of aromatic amines is 1. The Morgan fingerprint density at radius 1 is 1.02 bits per heavy atom.